The van der Waals surface area contributed by atoms with E-state index in [0.29, 0.717) is 23.2 Å². The maximum absolute atomic E-state index is 11.8. The number of carbonyl (C=O) groups excluding carboxylic acids is 1. The number of thiazole rings is 1. The van der Waals surface area contributed by atoms with Crippen molar-refractivity contribution in [2.75, 3.05) is 26.1 Å². The third-order valence-electron chi connectivity index (χ3n) is 3.21. The molecule has 0 fully saturated rings. The van der Waals surface area contributed by atoms with Gasteiger partial charge in [0.25, 0.3) is 0 Å². The Bertz CT molecular complexity index is 663. The van der Waals surface area contributed by atoms with Crippen LogP contribution in [-0.4, -0.2) is 31.7 Å². The summed E-state index contributed by atoms with van der Waals surface area (Å²) in [5.74, 6) is 0.922. The van der Waals surface area contributed by atoms with Gasteiger partial charge in [0, 0.05) is 23.4 Å². The van der Waals surface area contributed by atoms with Crippen molar-refractivity contribution in [1.29, 1.82) is 0 Å². The van der Waals surface area contributed by atoms with Crippen molar-refractivity contribution < 1.29 is 14.3 Å². The van der Waals surface area contributed by atoms with Crippen LogP contribution in [-0.2, 0) is 4.79 Å². The van der Waals surface area contributed by atoms with Gasteiger partial charge in [-0.15, -0.1) is 23.7 Å². The van der Waals surface area contributed by atoms with Crippen LogP contribution in [0.3, 0.4) is 0 Å². The molecule has 1 atom stereocenters. The van der Waals surface area contributed by atoms with Crippen LogP contribution in [0, 0.1) is 5.92 Å². The lowest BCUT2D eigenvalue weighted by molar-refractivity contribution is -0.119. The molecule has 1 heterocycles. The Morgan fingerprint density at radius 1 is 1.35 bits per heavy atom. The van der Waals surface area contributed by atoms with Crippen molar-refractivity contribution in [2.24, 2.45) is 11.7 Å². The van der Waals surface area contributed by atoms with Gasteiger partial charge in [-0.1, -0.05) is 6.92 Å². The Morgan fingerprint density at radius 3 is 2.65 bits per heavy atom. The minimum absolute atomic E-state index is 0. The van der Waals surface area contributed by atoms with Crippen LogP contribution in [0.2, 0.25) is 0 Å². The zero-order chi connectivity index (χ0) is 16.1. The standard InChI is InChI=1S/C15H19N3O3S.ClH/c1-9(7-16)14(19)18-15-17-11(8-22-15)10-4-5-12(20-2)13(6-10)21-3;/h4-6,8-9H,7,16H2,1-3H3,(H,17,18,19);1H. The molecule has 2 rings (SSSR count). The first-order valence-corrected chi connectivity index (χ1v) is 7.65. The zero-order valence-corrected chi connectivity index (χ0v) is 14.8. The molecule has 0 bridgehead atoms. The molecule has 1 amide bonds. The molecule has 126 valence electrons. The molecule has 0 saturated carbocycles. The second-order valence-corrected chi connectivity index (χ2v) is 5.59. The predicted molar refractivity (Wildman–Crippen MR) is 94.8 cm³/mol. The number of halogens is 1. The highest BCUT2D eigenvalue weighted by Gasteiger charge is 2.14. The number of benzene rings is 1. The number of methoxy groups -OCH3 is 2. The molecular formula is C15H20ClN3O3S. The van der Waals surface area contributed by atoms with E-state index < -0.39 is 0 Å². The van der Waals surface area contributed by atoms with Crippen LogP contribution in [0.4, 0.5) is 5.13 Å². The predicted octanol–water partition coefficient (Wildman–Crippen LogP) is 2.78. The smallest absolute Gasteiger partial charge is 0.230 e. The van der Waals surface area contributed by atoms with E-state index >= 15 is 0 Å². The minimum Gasteiger partial charge on any atom is -0.493 e. The van der Waals surface area contributed by atoms with Gasteiger partial charge in [-0.2, -0.15) is 0 Å². The summed E-state index contributed by atoms with van der Waals surface area (Å²) in [5, 5.41) is 5.20. The molecule has 1 aromatic heterocycles. The van der Waals surface area contributed by atoms with Crippen LogP contribution in [0.1, 0.15) is 6.92 Å². The maximum atomic E-state index is 11.8. The highest BCUT2D eigenvalue weighted by molar-refractivity contribution is 7.14. The van der Waals surface area contributed by atoms with Gasteiger partial charge in [0.1, 0.15) is 0 Å². The average Bonchev–Trinajstić information content (AvgIpc) is 3.01. The number of carbonyl (C=O) groups is 1. The van der Waals surface area contributed by atoms with Crippen LogP contribution >= 0.6 is 23.7 Å². The summed E-state index contributed by atoms with van der Waals surface area (Å²) in [7, 11) is 3.18. The van der Waals surface area contributed by atoms with E-state index in [1.807, 2.05) is 23.6 Å². The Kier molecular flexibility index (Phi) is 7.28. The molecule has 0 aliphatic heterocycles. The van der Waals surface area contributed by atoms with Crippen LogP contribution < -0.4 is 20.5 Å². The molecule has 0 aliphatic carbocycles. The molecule has 1 unspecified atom stereocenters. The maximum Gasteiger partial charge on any atom is 0.230 e. The van der Waals surface area contributed by atoms with Crippen molar-refractivity contribution in [2.45, 2.75) is 6.92 Å². The Balaban J connectivity index is 0.00000264. The lowest BCUT2D eigenvalue weighted by Gasteiger charge is -2.08. The highest BCUT2D eigenvalue weighted by atomic mass is 35.5. The molecule has 6 nitrogen and oxygen atoms in total. The fraction of sp³-hybridized carbons (Fsp3) is 0.333. The van der Waals surface area contributed by atoms with Gasteiger partial charge in [0.2, 0.25) is 5.91 Å². The van der Waals surface area contributed by atoms with E-state index in [2.05, 4.69) is 10.3 Å². The fourth-order valence-corrected chi connectivity index (χ4v) is 2.52. The first-order chi connectivity index (χ1) is 10.6. The number of ether oxygens (including phenoxy) is 2. The zero-order valence-electron chi connectivity index (χ0n) is 13.2. The average molecular weight is 358 g/mol. The molecule has 1 aromatic carbocycles. The van der Waals surface area contributed by atoms with E-state index in [-0.39, 0.29) is 24.2 Å². The molecule has 3 N–H and O–H groups in total. The monoisotopic (exact) mass is 357 g/mol. The molecule has 0 radical (unpaired) electrons. The van der Waals surface area contributed by atoms with E-state index in [4.69, 9.17) is 15.2 Å². The molecule has 23 heavy (non-hydrogen) atoms. The Labute approximate surface area is 145 Å². The van der Waals surface area contributed by atoms with E-state index in [0.717, 1.165) is 11.3 Å². The van der Waals surface area contributed by atoms with Gasteiger partial charge >= 0.3 is 0 Å². The number of hydrogen-bond donors (Lipinski definition) is 2. The van der Waals surface area contributed by atoms with Gasteiger partial charge in [-0.25, -0.2) is 4.98 Å². The Morgan fingerprint density at radius 2 is 2.04 bits per heavy atom. The largest absolute Gasteiger partial charge is 0.493 e. The summed E-state index contributed by atoms with van der Waals surface area (Å²) < 4.78 is 10.5. The Hall–Kier alpha value is -1.83. The number of rotatable bonds is 6. The second-order valence-electron chi connectivity index (χ2n) is 4.73. The minimum atomic E-state index is -0.242. The number of aromatic nitrogens is 1. The number of nitrogens with zero attached hydrogens (tertiary/aromatic N) is 1. The van der Waals surface area contributed by atoms with Gasteiger partial charge in [0.15, 0.2) is 16.6 Å². The summed E-state index contributed by atoms with van der Waals surface area (Å²) in [5.41, 5.74) is 7.13. The first kappa shape index (κ1) is 19.2. The summed E-state index contributed by atoms with van der Waals surface area (Å²) in [4.78, 5) is 16.2. The van der Waals surface area contributed by atoms with Gasteiger partial charge in [-0.05, 0) is 18.2 Å². The third kappa shape index (κ3) is 4.57. The first-order valence-electron chi connectivity index (χ1n) is 6.78. The van der Waals surface area contributed by atoms with Gasteiger partial charge in [-0.3, -0.25) is 4.79 Å². The van der Waals surface area contributed by atoms with E-state index in [1.54, 1.807) is 21.1 Å². The summed E-state index contributed by atoms with van der Waals surface area (Å²) in [6.07, 6.45) is 0. The molecular weight excluding hydrogens is 338 g/mol. The molecule has 0 aliphatic rings. The van der Waals surface area contributed by atoms with Crippen LogP contribution in [0.5, 0.6) is 11.5 Å². The number of anilines is 1. The number of amides is 1. The third-order valence-corrected chi connectivity index (χ3v) is 3.97. The number of nitrogens with two attached hydrogens (primary N) is 1. The molecule has 0 spiro atoms. The SMILES string of the molecule is COc1ccc(-c2csc(NC(=O)C(C)CN)n2)cc1OC.Cl. The second kappa shape index (κ2) is 8.71. The van der Waals surface area contributed by atoms with Crippen molar-refractivity contribution in [1.82, 2.24) is 4.98 Å². The van der Waals surface area contributed by atoms with Gasteiger partial charge in [0.05, 0.1) is 19.9 Å². The lowest BCUT2D eigenvalue weighted by Crippen LogP contribution is -2.26. The van der Waals surface area contributed by atoms with Gasteiger partial charge < -0.3 is 20.5 Å². The number of hydrogen-bond acceptors (Lipinski definition) is 6. The normalized spacial score (nSPS) is 11.3. The topological polar surface area (TPSA) is 86.5 Å². The molecule has 2 aromatic rings. The van der Waals surface area contributed by atoms with Crippen molar-refractivity contribution in [3.05, 3.63) is 23.6 Å². The quantitative estimate of drug-likeness (QED) is 0.830. The van der Waals surface area contributed by atoms with E-state index in [1.165, 1.54) is 11.3 Å². The summed E-state index contributed by atoms with van der Waals surface area (Å²) >= 11 is 1.37. The van der Waals surface area contributed by atoms with Crippen molar-refractivity contribution >= 4 is 34.8 Å². The lowest BCUT2D eigenvalue weighted by atomic mass is 10.1. The van der Waals surface area contributed by atoms with Crippen LogP contribution in [0.25, 0.3) is 11.3 Å². The van der Waals surface area contributed by atoms with E-state index in [9.17, 15) is 4.79 Å². The van der Waals surface area contributed by atoms with Crippen molar-refractivity contribution in [3.63, 3.8) is 0 Å². The summed E-state index contributed by atoms with van der Waals surface area (Å²) in [6.45, 7) is 2.08. The van der Waals surface area contributed by atoms with Crippen LogP contribution in [0.15, 0.2) is 23.6 Å². The van der Waals surface area contributed by atoms with Crippen molar-refractivity contribution in [3.8, 4) is 22.8 Å². The summed E-state index contributed by atoms with van der Waals surface area (Å²) in [6, 6.07) is 5.56. The fourth-order valence-electron chi connectivity index (χ4n) is 1.79. The molecule has 8 heteroatoms. The number of nitrogens with one attached hydrogen (secondary N) is 1. The highest BCUT2D eigenvalue weighted by Crippen LogP contribution is 2.33. The molecule has 0 saturated heterocycles.